The summed E-state index contributed by atoms with van der Waals surface area (Å²) in [5.41, 5.74) is 5.70. The zero-order valence-electron chi connectivity index (χ0n) is 19.2. The molecule has 0 saturated carbocycles. The summed E-state index contributed by atoms with van der Waals surface area (Å²) >= 11 is 1.75. The van der Waals surface area contributed by atoms with E-state index in [0.29, 0.717) is 5.92 Å². The van der Waals surface area contributed by atoms with Gasteiger partial charge in [0.25, 0.3) is 5.91 Å². The highest BCUT2D eigenvalue weighted by Crippen LogP contribution is 2.33. The molecule has 0 atom stereocenters. The number of hydrogen-bond acceptors (Lipinski definition) is 4. The Morgan fingerprint density at radius 3 is 2.27 bits per heavy atom. The van der Waals surface area contributed by atoms with Crippen molar-refractivity contribution >= 4 is 32.6 Å². The molecule has 1 amide bonds. The number of aromatic nitrogens is 1. The molecule has 168 valence electrons. The highest BCUT2D eigenvalue weighted by atomic mass is 32.1. The third kappa shape index (κ3) is 4.64. The Kier molecular flexibility index (Phi) is 6.14. The maximum atomic E-state index is 13.1. The number of nitrogens with zero attached hydrogens (tertiary/aromatic N) is 3. The smallest absolute Gasteiger partial charge is 0.253 e. The summed E-state index contributed by atoms with van der Waals surface area (Å²) in [7, 11) is 0. The summed E-state index contributed by atoms with van der Waals surface area (Å²) in [5, 5.41) is 1.07. The molecule has 4 nitrogen and oxygen atoms in total. The molecule has 4 aromatic rings. The number of benzene rings is 3. The molecule has 1 fully saturated rings. The summed E-state index contributed by atoms with van der Waals surface area (Å²) < 4.78 is 1.24. The number of piperazine rings is 1. The molecule has 0 bridgehead atoms. The standard InChI is InChI=1S/C28H29N3OS/c1-20(2)24-9-6-10-25-26(24)29-28(33-25)31-17-15-30(16-18-31)27(32)23-13-11-22(12-14-23)19-21-7-4-3-5-8-21/h3-14,20H,15-19H2,1-2H3. The van der Waals surface area contributed by atoms with Crippen molar-refractivity contribution in [1.82, 2.24) is 9.88 Å². The van der Waals surface area contributed by atoms with E-state index in [2.05, 4.69) is 73.3 Å². The Morgan fingerprint density at radius 1 is 0.879 bits per heavy atom. The Bertz CT molecular complexity index is 1240. The molecule has 1 saturated heterocycles. The lowest BCUT2D eigenvalue weighted by Gasteiger charge is -2.34. The summed E-state index contributed by atoms with van der Waals surface area (Å²) in [6.45, 7) is 7.50. The number of anilines is 1. The third-order valence-electron chi connectivity index (χ3n) is 6.35. The summed E-state index contributed by atoms with van der Waals surface area (Å²) in [6, 6.07) is 25.0. The van der Waals surface area contributed by atoms with E-state index in [1.54, 1.807) is 11.3 Å². The van der Waals surface area contributed by atoms with Gasteiger partial charge in [-0.15, -0.1) is 0 Å². The van der Waals surface area contributed by atoms with Gasteiger partial charge in [-0.05, 0) is 47.2 Å². The minimum absolute atomic E-state index is 0.118. The van der Waals surface area contributed by atoms with Crippen LogP contribution in [0.1, 0.15) is 46.8 Å². The van der Waals surface area contributed by atoms with E-state index < -0.39 is 0 Å². The van der Waals surface area contributed by atoms with Gasteiger partial charge in [0.15, 0.2) is 5.13 Å². The van der Waals surface area contributed by atoms with Gasteiger partial charge >= 0.3 is 0 Å². The van der Waals surface area contributed by atoms with E-state index >= 15 is 0 Å². The maximum absolute atomic E-state index is 13.1. The number of carbonyl (C=O) groups excluding carboxylic acids is 1. The molecule has 0 radical (unpaired) electrons. The largest absolute Gasteiger partial charge is 0.345 e. The number of rotatable bonds is 5. The second kappa shape index (κ2) is 9.36. The Morgan fingerprint density at radius 2 is 1.58 bits per heavy atom. The lowest BCUT2D eigenvalue weighted by molar-refractivity contribution is 0.0747. The molecule has 2 heterocycles. The average molecular weight is 456 g/mol. The number of amides is 1. The average Bonchev–Trinajstić information content (AvgIpc) is 3.29. The fourth-order valence-electron chi connectivity index (χ4n) is 4.44. The van der Waals surface area contributed by atoms with Gasteiger partial charge < -0.3 is 9.80 Å². The molecular weight excluding hydrogens is 426 g/mol. The van der Waals surface area contributed by atoms with Crippen LogP contribution in [0.15, 0.2) is 72.8 Å². The van der Waals surface area contributed by atoms with Crippen molar-refractivity contribution in [3.63, 3.8) is 0 Å². The summed E-state index contributed by atoms with van der Waals surface area (Å²) in [6.07, 6.45) is 0.884. The second-order valence-corrected chi connectivity index (χ2v) is 9.99. The van der Waals surface area contributed by atoms with Gasteiger partial charge in [-0.25, -0.2) is 4.98 Å². The van der Waals surface area contributed by atoms with Gasteiger partial charge in [-0.3, -0.25) is 4.79 Å². The van der Waals surface area contributed by atoms with Crippen LogP contribution in [0, 0.1) is 0 Å². The minimum Gasteiger partial charge on any atom is -0.345 e. The molecule has 1 aliphatic heterocycles. The van der Waals surface area contributed by atoms with Crippen LogP contribution in [0.5, 0.6) is 0 Å². The Labute approximate surface area is 199 Å². The molecule has 5 heteroatoms. The van der Waals surface area contributed by atoms with Gasteiger partial charge in [0.05, 0.1) is 10.2 Å². The number of para-hydroxylation sites is 1. The lowest BCUT2D eigenvalue weighted by Crippen LogP contribution is -2.48. The topological polar surface area (TPSA) is 36.4 Å². The molecule has 3 aromatic carbocycles. The van der Waals surface area contributed by atoms with Gasteiger partial charge in [-0.2, -0.15) is 0 Å². The Hall–Kier alpha value is -3.18. The molecule has 1 aliphatic rings. The predicted octanol–water partition coefficient (Wildman–Crippen LogP) is 5.97. The van der Waals surface area contributed by atoms with E-state index in [1.165, 1.54) is 21.4 Å². The van der Waals surface area contributed by atoms with Gasteiger partial charge in [-0.1, -0.05) is 79.8 Å². The van der Waals surface area contributed by atoms with Crippen molar-refractivity contribution in [2.75, 3.05) is 31.1 Å². The van der Waals surface area contributed by atoms with E-state index in [9.17, 15) is 4.79 Å². The predicted molar refractivity (Wildman–Crippen MR) is 138 cm³/mol. The van der Waals surface area contributed by atoms with Crippen molar-refractivity contribution in [3.05, 3.63) is 95.1 Å². The molecule has 0 aliphatic carbocycles. The zero-order chi connectivity index (χ0) is 22.8. The Balaban J connectivity index is 1.22. The molecule has 5 rings (SSSR count). The quantitative estimate of drug-likeness (QED) is 0.372. The summed E-state index contributed by atoms with van der Waals surface area (Å²) in [4.78, 5) is 22.3. The number of thiazole rings is 1. The summed E-state index contributed by atoms with van der Waals surface area (Å²) in [5.74, 6) is 0.574. The first-order valence-corrected chi connectivity index (χ1v) is 12.5. The van der Waals surface area contributed by atoms with Crippen molar-refractivity contribution in [2.45, 2.75) is 26.2 Å². The fraction of sp³-hybridized carbons (Fsp3) is 0.286. The molecule has 1 aromatic heterocycles. The van der Waals surface area contributed by atoms with Crippen LogP contribution >= 0.6 is 11.3 Å². The van der Waals surface area contributed by atoms with Crippen molar-refractivity contribution in [1.29, 1.82) is 0 Å². The molecule has 0 N–H and O–H groups in total. The van der Waals surface area contributed by atoms with Crippen LogP contribution in [0.25, 0.3) is 10.2 Å². The number of carbonyl (C=O) groups is 1. The van der Waals surface area contributed by atoms with E-state index in [4.69, 9.17) is 4.98 Å². The highest BCUT2D eigenvalue weighted by Gasteiger charge is 2.24. The SMILES string of the molecule is CC(C)c1cccc2sc(N3CCN(C(=O)c4ccc(Cc5ccccc5)cc4)CC3)nc12. The van der Waals surface area contributed by atoms with Crippen molar-refractivity contribution in [3.8, 4) is 0 Å². The zero-order valence-corrected chi connectivity index (χ0v) is 20.0. The van der Waals surface area contributed by atoms with Crippen LogP contribution < -0.4 is 4.90 Å². The van der Waals surface area contributed by atoms with Crippen LogP contribution in [-0.2, 0) is 6.42 Å². The van der Waals surface area contributed by atoms with Crippen LogP contribution in [0.3, 0.4) is 0 Å². The second-order valence-electron chi connectivity index (χ2n) is 8.98. The van der Waals surface area contributed by atoms with Gasteiger partial charge in [0.1, 0.15) is 0 Å². The van der Waals surface area contributed by atoms with E-state index in [0.717, 1.165) is 48.8 Å². The normalized spacial score (nSPS) is 14.3. The number of hydrogen-bond donors (Lipinski definition) is 0. The van der Waals surface area contributed by atoms with E-state index in [-0.39, 0.29) is 5.91 Å². The minimum atomic E-state index is 0.118. The van der Waals surface area contributed by atoms with Crippen LogP contribution in [0.2, 0.25) is 0 Å². The molecule has 0 spiro atoms. The first-order valence-electron chi connectivity index (χ1n) is 11.6. The molecular formula is C28H29N3OS. The van der Waals surface area contributed by atoms with E-state index in [1.807, 2.05) is 23.1 Å². The highest BCUT2D eigenvalue weighted by molar-refractivity contribution is 7.22. The third-order valence-corrected chi connectivity index (χ3v) is 7.43. The van der Waals surface area contributed by atoms with Gasteiger partial charge in [0.2, 0.25) is 0 Å². The maximum Gasteiger partial charge on any atom is 0.253 e. The molecule has 0 unspecified atom stereocenters. The van der Waals surface area contributed by atoms with Gasteiger partial charge in [0, 0.05) is 31.7 Å². The first-order chi connectivity index (χ1) is 16.1. The van der Waals surface area contributed by atoms with Crippen molar-refractivity contribution in [2.24, 2.45) is 0 Å². The lowest BCUT2D eigenvalue weighted by atomic mass is 10.0. The molecule has 33 heavy (non-hydrogen) atoms. The van der Waals surface area contributed by atoms with Crippen LogP contribution in [-0.4, -0.2) is 42.0 Å². The first kappa shape index (κ1) is 21.7. The van der Waals surface area contributed by atoms with Crippen LogP contribution in [0.4, 0.5) is 5.13 Å². The number of fused-ring (bicyclic) bond motifs is 1. The fourth-order valence-corrected chi connectivity index (χ4v) is 5.49. The monoisotopic (exact) mass is 455 g/mol. The van der Waals surface area contributed by atoms with Crippen molar-refractivity contribution < 1.29 is 4.79 Å².